The monoisotopic (exact) mass is 414 g/mol. The molecule has 0 spiro atoms. The average molecular weight is 415 g/mol. The molecule has 0 saturated heterocycles. The van der Waals surface area contributed by atoms with E-state index in [2.05, 4.69) is 10.6 Å². The predicted molar refractivity (Wildman–Crippen MR) is 114 cm³/mol. The van der Waals surface area contributed by atoms with E-state index in [0.29, 0.717) is 18.0 Å². The van der Waals surface area contributed by atoms with Gasteiger partial charge in [-0.3, -0.25) is 9.59 Å². The molecule has 2 amide bonds. The Morgan fingerprint density at radius 2 is 1.69 bits per heavy atom. The van der Waals surface area contributed by atoms with Gasteiger partial charge in [0.05, 0.1) is 11.3 Å². The van der Waals surface area contributed by atoms with Gasteiger partial charge in [0.1, 0.15) is 5.82 Å². The van der Waals surface area contributed by atoms with E-state index in [1.807, 2.05) is 12.1 Å². The third-order valence-corrected chi connectivity index (χ3v) is 6.24. The first-order valence-corrected chi connectivity index (χ1v) is 11.1. The Kier molecular flexibility index (Phi) is 8.11. The molecule has 1 aliphatic carbocycles. The molecule has 154 valence electrons. The van der Waals surface area contributed by atoms with Crippen molar-refractivity contribution in [1.82, 2.24) is 10.6 Å². The molecule has 0 atom stereocenters. The Morgan fingerprint density at radius 3 is 2.45 bits per heavy atom. The van der Waals surface area contributed by atoms with Crippen molar-refractivity contribution in [3.63, 3.8) is 0 Å². The van der Waals surface area contributed by atoms with Crippen molar-refractivity contribution in [2.75, 3.05) is 12.3 Å². The van der Waals surface area contributed by atoms with Gasteiger partial charge in [-0.05, 0) is 48.6 Å². The summed E-state index contributed by atoms with van der Waals surface area (Å²) in [5, 5.41) is 5.89. The molecule has 3 rings (SSSR count). The van der Waals surface area contributed by atoms with Gasteiger partial charge in [0.15, 0.2) is 0 Å². The van der Waals surface area contributed by atoms with Crippen LogP contribution in [0.3, 0.4) is 0 Å². The van der Waals surface area contributed by atoms with Crippen LogP contribution in [0.4, 0.5) is 4.39 Å². The second-order valence-corrected chi connectivity index (χ2v) is 8.42. The Balaban J connectivity index is 1.49. The SMILES string of the molecule is O=C(CSc1ccccc1C(=O)NCc1ccc(F)cc1)NCC1CCCCC1. The van der Waals surface area contributed by atoms with Crippen LogP contribution in [0.15, 0.2) is 53.4 Å². The summed E-state index contributed by atoms with van der Waals surface area (Å²) in [5.41, 5.74) is 1.37. The minimum Gasteiger partial charge on any atom is -0.355 e. The van der Waals surface area contributed by atoms with Crippen LogP contribution in [0.5, 0.6) is 0 Å². The van der Waals surface area contributed by atoms with Crippen LogP contribution in [0, 0.1) is 11.7 Å². The van der Waals surface area contributed by atoms with E-state index < -0.39 is 0 Å². The van der Waals surface area contributed by atoms with Crippen molar-refractivity contribution in [3.8, 4) is 0 Å². The van der Waals surface area contributed by atoms with Gasteiger partial charge in [0.25, 0.3) is 5.91 Å². The van der Waals surface area contributed by atoms with Gasteiger partial charge in [-0.1, -0.05) is 43.5 Å². The van der Waals surface area contributed by atoms with Crippen molar-refractivity contribution in [3.05, 3.63) is 65.5 Å². The van der Waals surface area contributed by atoms with Crippen LogP contribution in [-0.2, 0) is 11.3 Å². The summed E-state index contributed by atoms with van der Waals surface area (Å²) in [7, 11) is 0. The summed E-state index contributed by atoms with van der Waals surface area (Å²) in [6, 6.07) is 13.3. The van der Waals surface area contributed by atoms with Crippen molar-refractivity contribution in [1.29, 1.82) is 0 Å². The number of nitrogens with one attached hydrogen (secondary N) is 2. The molecule has 0 aromatic heterocycles. The third-order valence-electron chi connectivity index (χ3n) is 5.17. The largest absolute Gasteiger partial charge is 0.355 e. The van der Waals surface area contributed by atoms with Gasteiger partial charge in [-0.15, -0.1) is 11.8 Å². The molecule has 2 N–H and O–H groups in total. The number of amides is 2. The molecule has 0 heterocycles. The number of thioether (sulfide) groups is 1. The lowest BCUT2D eigenvalue weighted by molar-refractivity contribution is -0.118. The first-order chi connectivity index (χ1) is 14.1. The molecule has 1 saturated carbocycles. The van der Waals surface area contributed by atoms with Crippen molar-refractivity contribution in [2.24, 2.45) is 5.92 Å². The Morgan fingerprint density at radius 1 is 0.966 bits per heavy atom. The molecule has 0 bridgehead atoms. The number of hydrogen-bond donors (Lipinski definition) is 2. The highest BCUT2D eigenvalue weighted by Crippen LogP contribution is 2.24. The number of rotatable bonds is 8. The summed E-state index contributed by atoms with van der Waals surface area (Å²) in [5.74, 6) is 0.377. The Hall–Kier alpha value is -2.34. The smallest absolute Gasteiger partial charge is 0.252 e. The zero-order chi connectivity index (χ0) is 20.5. The zero-order valence-corrected chi connectivity index (χ0v) is 17.3. The van der Waals surface area contributed by atoms with Crippen LogP contribution in [0.1, 0.15) is 48.0 Å². The number of carbonyl (C=O) groups is 2. The van der Waals surface area contributed by atoms with Gasteiger partial charge >= 0.3 is 0 Å². The summed E-state index contributed by atoms with van der Waals surface area (Å²) >= 11 is 1.37. The minimum absolute atomic E-state index is 0.00194. The van der Waals surface area contributed by atoms with E-state index in [1.165, 1.54) is 56.0 Å². The molecule has 6 heteroatoms. The summed E-state index contributed by atoms with van der Waals surface area (Å²) < 4.78 is 13.0. The summed E-state index contributed by atoms with van der Waals surface area (Å²) in [6.07, 6.45) is 6.22. The molecule has 2 aromatic carbocycles. The van der Waals surface area contributed by atoms with Gasteiger partial charge in [0, 0.05) is 18.0 Å². The zero-order valence-electron chi connectivity index (χ0n) is 16.5. The average Bonchev–Trinajstić information content (AvgIpc) is 2.76. The van der Waals surface area contributed by atoms with Crippen LogP contribution in [0.25, 0.3) is 0 Å². The normalized spacial score (nSPS) is 14.4. The highest BCUT2D eigenvalue weighted by Gasteiger charge is 2.16. The molecular weight excluding hydrogens is 387 g/mol. The summed E-state index contributed by atoms with van der Waals surface area (Å²) in [6.45, 7) is 1.07. The van der Waals surface area contributed by atoms with Crippen molar-refractivity contribution >= 4 is 23.6 Å². The standard InChI is InChI=1S/C23H27FN2O2S/c24-19-12-10-18(11-13-19)15-26-23(28)20-8-4-5-9-21(20)29-16-22(27)25-14-17-6-2-1-3-7-17/h4-5,8-13,17H,1-3,6-7,14-16H2,(H,25,27)(H,26,28). The van der Waals surface area contributed by atoms with E-state index in [-0.39, 0.29) is 23.4 Å². The molecule has 0 unspecified atom stereocenters. The second kappa shape index (κ2) is 11.0. The highest BCUT2D eigenvalue weighted by atomic mass is 32.2. The van der Waals surface area contributed by atoms with E-state index in [1.54, 1.807) is 24.3 Å². The molecule has 29 heavy (non-hydrogen) atoms. The Bertz CT molecular complexity index is 820. The number of hydrogen-bond acceptors (Lipinski definition) is 3. The van der Waals surface area contributed by atoms with Crippen LogP contribution in [-0.4, -0.2) is 24.1 Å². The van der Waals surface area contributed by atoms with Crippen LogP contribution >= 0.6 is 11.8 Å². The first kappa shape index (κ1) is 21.4. The van der Waals surface area contributed by atoms with Gasteiger partial charge in [-0.2, -0.15) is 0 Å². The maximum absolute atomic E-state index is 13.0. The number of carbonyl (C=O) groups excluding carboxylic acids is 2. The van der Waals surface area contributed by atoms with Crippen LogP contribution in [0.2, 0.25) is 0 Å². The molecule has 1 aliphatic rings. The second-order valence-electron chi connectivity index (χ2n) is 7.40. The Labute approximate surface area is 175 Å². The molecule has 2 aromatic rings. The third kappa shape index (κ3) is 6.89. The first-order valence-electron chi connectivity index (χ1n) is 10.1. The maximum atomic E-state index is 13.0. The molecule has 0 radical (unpaired) electrons. The van der Waals surface area contributed by atoms with E-state index >= 15 is 0 Å². The maximum Gasteiger partial charge on any atom is 0.252 e. The van der Waals surface area contributed by atoms with Gasteiger partial charge in [-0.25, -0.2) is 4.39 Å². The fourth-order valence-corrected chi connectivity index (χ4v) is 4.38. The molecule has 4 nitrogen and oxygen atoms in total. The lowest BCUT2D eigenvalue weighted by Gasteiger charge is -2.21. The van der Waals surface area contributed by atoms with E-state index in [9.17, 15) is 14.0 Å². The van der Waals surface area contributed by atoms with Crippen molar-refractivity contribution in [2.45, 2.75) is 43.5 Å². The predicted octanol–water partition coefficient (Wildman–Crippen LogP) is 4.54. The van der Waals surface area contributed by atoms with Gasteiger partial charge < -0.3 is 10.6 Å². The number of benzene rings is 2. The fourth-order valence-electron chi connectivity index (χ4n) is 3.50. The summed E-state index contributed by atoms with van der Waals surface area (Å²) in [4.78, 5) is 25.6. The lowest BCUT2D eigenvalue weighted by Crippen LogP contribution is -2.31. The minimum atomic E-state index is -0.302. The molecular formula is C23H27FN2O2S. The van der Waals surface area contributed by atoms with Crippen LogP contribution < -0.4 is 10.6 Å². The van der Waals surface area contributed by atoms with E-state index in [4.69, 9.17) is 0 Å². The topological polar surface area (TPSA) is 58.2 Å². The lowest BCUT2D eigenvalue weighted by atomic mass is 9.89. The van der Waals surface area contributed by atoms with E-state index in [0.717, 1.165) is 17.0 Å². The quantitative estimate of drug-likeness (QED) is 0.624. The van der Waals surface area contributed by atoms with Crippen molar-refractivity contribution < 1.29 is 14.0 Å². The highest BCUT2D eigenvalue weighted by molar-refractivity contribution is 8.00. The molecule has 1 fully saturated rings. The fraction of sp³-hybridized carbons (Fsp3) is 0.391. The van der Waals surface area contributed by atoms with Gasteiger partial charge in [0.2, 0.25) is 5.91 Å². The molecule has 0 aliphatic heterocycles. The number of halogens is 1.